The van der Waals surface area contributed by atoms with Crippen molar-refractivity contribution in [3.8, 4) is 0 Å². The van der Waals surface area contributed by atoms with Crippen LogP contribution in [0.2, 0.25) is 0 Å². The van der Waals surface area contributed by atoms with E-state index < -0.39 is 38.6 Å². The number of phosphoric acid groups is 1. The van der Waals surface area contributed by atoms with Crippen LogP contribution in [0.25, 0.3) is 0 Å². The topological polar surface area (TPSA) is 131 Å². The minimum atomic E-state index is -4.65. The number of nitrogens with zero attached hydrogens (tertiary/aromatic N) is 1. The molecule has 11 heteroatoms. The zero-order valence-corrected chi connectivity index (χ0v) is 37.8. The number of allylic oxidation sites excluding steroid dienone is 6. The smallest absolute Gasteiger partial charge is 0.306 e. The lowest BCUT2D eigenvalue weighted by atomic mass is 10.0. The van der Waals surface area contributed by atoms with Gasteiger partial charge in [-0.3, -0.25) is 14.2 Å². The molecule has 0 fully saturated rings. The number of aliphatic hydroxyl groups excluding tert-OH is 1. The summed E-state index contributed by atoms with van der Waals surface area (Å²) >= 11 is 0. The van der Waals surface area contributed by atoms with Crippen molar-refractivity contribution in [3.63, 3.8) is 0 Å². The number of carbonyl (C=O) groups excluding carboxylic acids is 2. The molecule has 0 saturated carbocycles. The predicted molar refractivity (Wildman–Crippen MR) is 233 cm³/mol. The van der Waals surface area contributed by atoms with Crippen LogP contribution in [0.1, 0.15) is 174 Å². The van der Waals surface area contributed by atoms with Crippen LogP contribution in [0.5, 0.6) is 0 Å². The molecule has 3 atom stereocenters. The van der Waals surface area contributed by atoms with Gasteiger partial charge in [0.15, 0.2) is 6.10 Å². The summed E-state index contributed by atoms with van der Waals surface area (Å²) < 4.78 is 33.8. The summed E-state index contributed by atoms with van der Waals surface area (Å²) in [5.74, 6) is -0.937. The van der Waals surface area contributed by atoms with Crippen LogP contribution < -0.4 is 4.89 Å². The average molecular weight is 826 g/mol. The van der Waals surface area contributed by atoms with Crippen LogP contribution in [0.3, 0.4) is 0 Å². The molecule has 0 saturated heterocycles. The van der Waals surface area contributed by atoms with Gasteiger partial charge in [0.1, 0.15) is 19.8 Å². The Kier molecular flexibility index (Phi) is 36.8. The molecule has 0 aromatic carbocycles. The Labute approximate surface area is 348 Å². The molecule has 1 unspecified atom stereocenters. The number of ether oxygens (including phenoxy) is 2. The number of unbranched alkanes of at least 4 members (excludes halogenated alkanes) is 18. The number of aliphatic hydroxyl groups is 1. The standard InChI is InChI=1S/C46H84NO9P/c1-6-8-10-12-14-15-16-17-18-19-20-21-26-30-34-38-46(50)56-44(42-55-57(51,52)54-40-39-47(3,4)5)41-53-45(49)37-33-29-25-23-22-24-28-32-36-43(48)35-31-27-13-11-9-7-2/h23-25,27-28,31-32,36,43-44,48H,6-22,26,29-30,33-35,37-42H2,1-5H3/b25-23-,28-24-,31-27-,36-32+/t43-,44-/m1/s1. The lowest BCUT2D eigenvalue weighted by Crippen LogP contribution is -2.37. The van der Waals surface area contributed by atoms with Gasteiger partial charge in [-0.2, -0.15) is 0 Å². The SMILES string of the molecule is CCCCC/C=C\C[C@@H](O)/C=C/C=C\C/C=C\CCCC(=O)OC[C@H](COP(=O)([O-])OCC[N+](C)(C)C)OC(=O)CCCCCCCCCCCCCCCCC. The minimum absolute atomic E-state index is 0.0494. The van der Waals surface area contributed by atoms with Crippen LogP contribution in [0, 0.1) is 0 Å². The van der Waals surface area contributed by atoms with Gasteiger partial charge < -0.3 is 33.0 Å². The summed E-state index contributed by atoms with van der Waals surface area (Å²) in [7, 11) is 1.10. The maximum atomic E-state index is 12.7. The van der Waals surface area contributed by atoms with E-state index in [4.69, 9.17) is 18.5 Å². The summed E-state index contributed by atoms with van der Waals surface area (Å²) in [5.41, 5.74) is 0. The lowest BCUT2D eigenvalue weighted by molar-refractivity contribution is -0.870. The predicted octanol–water partition coefficient (Wildman–Crippen LogP) is 11.0. The van der Waals surface area contributed by atoms with Crippen molar-refractivity contribution in [1.82, 2.24) is 0 Å². The number of phosphoric ester groups is 1. The molecule has 0 aliphatic rings. The summed E-state index contributed by atoms with van der Waals surface area (Å²) in [6.07, 6.45) is 40.2. The van der Waals surface area contributed by atoms with E-state index in [9.17, 15) is 24.2 Å². The molecule has 0 aliphatic carbocycles. The highest BCUT2D eigenvalue weighted by Gasteiger charge is 2.21. The molecule has 1 N–H and O–H groups in total. The van der Waals surface area contributed by atoms with Crippen molar-refractivity contribution in [1.29, 1.82) is 0 Å². The fourth-order valence-corrected chi connectivity index (χ4v) is 6.58. The number of quaternary nitrogens is 1. The maximum absolute atomic E-state index is 12.7. The third-order valence-corrected chi connectivity index (χ3v) is 10.4. The maximum Gasteiger partial charge on any atom is 0.306 e. The third kappa shape index (κ3) is 41.9. The highest BCUT2D eigenvalue weighted by Crippen LogP contribution is 2.38. The Hall–Kier alpha value is -2.07. The number of likely N-dealkylation sites (N-methyl/N-ethyl adjacent to an activating group) is 1. The molecule has 0 spiro atoms. The molecule has 57 heavy (non-hydrogen) atoms. The van der Waals surface area contributed by atoms with Gasteiger partial charge in [0.2, 0.25) is 0 Å². The highest BCUT2D eigenvalue weighted by atomic mass is 31.2. The molecule has 10 nitrogen and oxygen atoms in total. The van der Waals surface area contributed by atoms with Gasteiger partial charge >= 0.3 is 11.9 Å². The van der Waals surface area contributed by atoms with E-state index >= 15 is 0 Å². The first-order chi connectivity index (χ1) is 27.4. The molecule has 0 radical (unpaired) electrons. The number of carbonyl (C=O) groups is 2. The van der Waals surface area contributed by atoms with E-state index in [0.29, 0.717) is 36.7 Å². The van der Waals surface area contributed by atoms with Crippen LogP contribution in [-0.2, 0) is 32.7 Å². The van der Waals surface area contributed by atoms with Crippen molar-refractivity contribution < 1.29 is 47.2 Å². The van der Waals surface area contributed by atoms with E-state index in [0.717, 1.165) is 32.1 Å². The third-order valence-electron chi connectivity index (χ3n) is 9.43. The first kappa shape index (κ1) is 54.9. The van der Waals surface area contributed by atoms with Gasteiger partial charge in [-0.1, -0.05) is 165 Å². The number of hydrogen-bond donors (Lipinski definition) is 1. The van der Waals surface area contributed by atoms with Gasteiger partial charge in [-0.15, -0.1) is 0 Å². The van der Waals surface area contributed by atoms with Crippen molar-refractivity contribution in [3.05, 3.63) is 48.6 Å². The Morgan fingerprint density at radius 1 is 0.649 bits per heavy atom. The molecule has 0 aromatic rings. The van der Waals surface area contributed by atoms with E-state index in [2.05, 4.69) is 19.9 Å². The normalized spacial score (nSPS) is 14.6. The first-order valence-corrected chi connectivity index (χ1v) is 23.9. The van der Waals surface area contributed by atoms with Crippen molar-refractivity contribution >= 4 is 19.8 Å². The van der Waals surface area contributed by atoms with Gasteiger partial charge in [-0.25, -0.2) is 0 Å². The highest BCUT2D eigenvalue weighted by molar-refractivity contribution is 7.45. The van der Waals surface area contributed by atoms with Crippen LogP contribution in [-0.4, -0.2) is 81.2 Å². The Morgan fingerprint density at radius 2 is 1.19 bits per heavy atom. The van der Waals surface area contributed by atoms with Crippen molar-refractivity contribution in [2.75, 3.05) is 47.5 Å². The van der Waals surface area contributed by atoms with E-state index in [1.54, 1.807) is 6.08 Å². The molecule has 0 aromatic heterocycles. The summed E-state index contributed by atoms with van der Waals surface area (Å²) in [6, 6.07) is 0. The second-order valence-corrected chi connectivity index (χ2v) is 17.7. The lowest BCUT2D eigenvalue weighted by Gasteiger charge is -2.28. The van der Waals surface area contributed by atoms with E-state index in [1.165, 1.54) is 89.9 Å². The molecular weight excluding hydrogens is 741 g/mol. The Morgan fingerprint density at radius 3 is 1.81 bits per heavy atom. The zero-order chi connectivity index (χ0) is 42.3. The molecule has 332 valence electrons. The fraction of sp³-hybridized carbons (Fsp3) is 0.783. The van der Waals surface area contributed by atoms with Crippen LogP contribution in [0.15, 0.2) is 48.6 Å². The van der Waals surface area contributed by atoms with Gasteiger partial charge in [0.05, 0.1) is 33.9 Å². The molecule has 0 heterocycles. The first-order valence-electron chi connectivity index (χ1n) is 22.5. The quantitative estimate of drug-likeness (QED) is 0.0160. The van der Waals surface area contributed by atoms with Crippen LogP contribution in [0.4, 0.5) is 0 Å². The minimum Gasteiger partial charge on any atom is -0.756 e. The van der Waals surface area contributed by atoms with Crippen molar-refractivity contribution in [2.45, 2.75) is 187 Å². The fourth-order valence-electron chi connectivity index (χ4n) is 5.85. The number of esters is 2. The Bertz CT molecular complexity index is 1130. The second-order valence-electron chi connectivity index (χ2n) is 16.3. The molecular formula is C46H84NO9P. The largest absolute Gasteiger partial charge is 0.756 e. The summed E-state index contributed by atoms with van der Waals surface area (Å²) in [6.45, 7) is 4.04. The van der Waals surface area contributed by atoms with E-state index in [1.807, 2.05) is 57.6 Å². The number of rotatable bonds is 40. The van der Waals surface area contributed by atoms with Gasteiger partial charge in [0.25, 0.3) is 7.82 Å². The molecule has 0 bridgehead atoms. The summed E-state index contributed by atoms with van der Waals surface area (Å²) in [4.78, 5) is 37.5. The summed E-state index contributed by atoms with van der Waals surface area (Å²) in [5, 5.41) is 10.0. The van der Waals surface area contributed by atoms with Crippen molar-refractivity contribution in [2.24, 2.45) is 0 Å². The molecule has 0 amide bonds. The number of hydrogen-bond acceptors (Lipinski definition) is 9. The second kappa shape index (κ2) is 38.2. The molecule has 0 aliphatic heterocycles. The van der Waals surface area contributed by atoms with Gasteiger partial charge in [0, 0.05) is 12.8 Å². The monoisotopic (exact) mass is 826 g/mol. The zero-order valence-electron chi connectivity index (χ0n) is 36.9. The van der Waals surface area contributed by atoms with Crippen LogP contribution >= 0.6 is 7.82 Å². The average Bonchev–Trinajstić information content (AvgIpc) is 3.15. The van der Waals surface area contributed by atoms with Gasteiger partial charge in [-0.05, 0) is 44.9 Å². The molecule has 0 rings (SSSR count). The Balaban J connectivity index is 4.50. The van der Waals surface area contributed by atoms with E-state index in [-0.39, 0.29) is 26.1 Å².